The summed E-state index contributed by atoms with van der Waals surface area (Å²) in [5.41, 5.74) is -0.364. The van der Waals surface area contributed by atoms with Crippen molar-refractivity contribution in [3.05, 3.63) is 11.7 Å². The zero-order valence-electron chi connectivity index (χ0n) is 12.9. The van der Waals surface area contributed by atoms with Gasteiger partial charge in [-0.25, -0.2) is 0 Å². The first-order valence-electron chi connectivity index (χ1n) is 7.93. The van der Waals surface area contributed by atoms with Crippen LogP contribution >= 0.6 is 0 Å². The van der Waals surface area contributed by atoms with E-state index in [2.05, 4.69) is 15.5 Å². The molecule has 1 saturated heterocycles. The fourth-order valence-corrected chi connectivity index (χ4v) is 3.45. The van der Waals surface area contributed by atoms with Gasteiger partial charge in [0.25, 0.3) is 0 Å². The van der Waals surface area contributed by atoms with Crippen molar-refractivity contribution < 1.29 is 14.0 Å². The minimum Gasteiger partial charge on any atom is -0.380 e. The van der Waals surface area contributed by atoms with E-state index in [4.69, 9.17) is 14.0 Å². The van der Waals surface area contributed by atoms with E-state index in [-0.39, 0.29) is 17.7 Å². The van der Waals surface area contributed by atoms with Gasteiger partial charge in [0.1, 0.15) is 5.60 Å². The van der Waals surface area contributed by atoms with Crippen LogP contribution < -0.4 is 5.32 Å². The van der Waals surface area contributed by atoms with Gasteiger partial charge in [-0.3, -0.25) is 0 Å². The number of rotatable bonds is 4. The van der Waals surface area contributed by atoms with Crippen molar-refractivity contribution in [2.75, 3.05) is 20.8 Å². The van der Waals surface area contributed by atoms with E-state index in [1.165, 1.54) is 12.8 Å². The van der Waals surface area contributed by atoms with Crippen LogP contribution in [0, 0.1) is 0 Å². The number of ether oxygens (including phenoxy) is 2. The summed E-state index contributed by atoms with van der Waals surface area (Å²) in [4.78, 5) is 4.65. The van der Waals surface area contributed by atoms with Crippen LogP contribution in [0.1, 0.15) is 62.7 Å². The summed E-state index contributed by atoms with van der Waals surface area (Å²) in [6.45, 7) is 0.828. The summed E-state index contributed by atoms with van der Waals surface area (Å²) < 4.78 is 16.7. The molecule has 1 aromatic rings. The highest BCUT2D eigenvalue weighted by molar-refractivity contribution is 5.05. The van der Waals surface area contributed by atoms with Crippen LogP contribution in [-0.2, 0) is 15.1 Å². The first-order chi connectivity index (χ1) is 10.3. The first kappa shape index (κ1) is 14.9. The molecule has 1 saturated carbocycles. The van der Waals surface area contributed by atoms with Crippen molar-refractivity contribution in [3.63, 3.8) is 0 Å². The Labute approximate surface area is 125 Å². The molecule has 1 aliphatic heterocycles. The third-order valence-corrected chi connectivity index (χ3v) is 4.87. The topological polar surface area (TPSA) is 69.4 Å². The Morgan fingerprint density at radius 2 is 1.95 bits per heavy atom. The van der Waals surface area contributed by atoms with Gasteiger partial charge in [-0.05, 0) is 19.3 Å². The summed E-state index contributed by atoms with van der Waals surface area (Å²) >= 11 is 0. The van der Waals surface area contributed by atoms with Crippen molar-refractivity contribution in [1.29, 1.82) is 0 Å². The Bertz CT molecular complexity index is 455. The van der Waals surface area contributed by atoms with E-state index < -0.39 is 0 Å². The molecule has 6 nitrogen and oxygen atoms in total. The predicted octanol–water partition coefficient (Wildman–Crippen LogP) is 2.31. The van der Waals surface area contributed by atoms with Gasteiger partial charge in [-0.2, -0.15) is 4.98 Å². The molecule has 6 heteroatoms. The number of aromatic nitrogens is 2. The van der Waals surface area contributed by atoms with Crippen molar-refractivity contribution in [2.24, 2.45) is 0 Å². The first-order valence-corrected chi connectivity index (χ1v) is 7.93. The zero-order chi connectivity index (χ0) is 14.7. The van der Waals surface area contributed by atoms with Crippen molar-refractivity contribution in [3.8, 4) is 0 Å². The molecule has 2 aliphatic rings. The quantitative estimate of drug-likeness (QED) is 0.860. The highest BCUT2D eigenvalue weighted by Gasteiger charge is 2.39. The third-order valence-electron chi connectivity index (χ3n) is 4.87. The van der Waals surface area contributed by atoms with E-state index in [1.54, 1.807) is 14.2 Å². The van der Waals surface area contributed by atoms with E-state index in [0.29, 0.717) is 11.7 Å². The smallest absolute Gasteiger partial charge is 0.243 e. The minimum atomic E-state index is -0.364. The lowest BCUT2D eigenvalue weighted by molar-refractivity contribution is -0.0365. The van der Waals surface area contributed by atoms with Crippen LogP contribution in [-0.4, -0.2) is 37.0 Å². The Kier molecular flexibility index (Phi) is 4.57. The fourth-order valence-electron chi connectivity index (χ4n) is 3.45. The van der Waals surface area contributed by atoms with E-state index >= 15 is 0 Å². The molecule has 0 unspecified atom stereocenters. The molecular weight excluding hydrogens is 270 g/mol. The van der Waals surface area contributed by atoms with E-state index in [9.17, 15) is 0 Å². The SMILES string of the molecule is CO[C@@H]1CN[C@@H](c2nc(C3(OC)CCCCCC3)no2)C1. The van der Waals surface area contributed by atoms with Gasteiger partial charge in [0.15, 0.2) is 0 Å². The fraction of sp³-hybridized carbons (Fsp3) is 0.867. The summed E-state index contributed by atoms with van der Waals surface area (Å²) in [7, 11) is 3.50. The summed E-state index contributed by atoms with van der Waals surface area (Å²) in [5.74, 6) is 1.37. The van der Waals surface area contributed by atoms with Gasteiger partial charge in [0.2, 0.25) is 11.7 Å². The van der Waals surface area contributed by atoms with Crippen LogP contribution in [0.4, 0.5) is 0 Å². The number of nitrogens with one attached hydrogen (secondary N) is 1. The maximum Gasteiger partial charge on any atom is 0.243 e. The molecule has 2 heterocycles. The Morgan fingerprint density at radius 1 is 1.19 bits per heavy atom. The Balaban J connectivity index is 1.76. The molecule has 0 amide bonds. The highest BCUT2D eigenvalue weighted by atomic mass is 16.5. The minimum absolute atomic E-state index is 0.0934. The molecule has 1 aliphatic carbocycles. The third kappa shape index (κ3) is 2.98. The number of hydrogen-bond acceptors (Lipinski definition) is 6. The summed E-state index contributed by atoms with van der Waals surface area (Å²) in [5, 5.41) is 7.60. The van der Waals surface area contributed by atoms with Crippen LogP contribution in [0.5, 0.6) is 0 Å². The van der Waals surface area contributed by atoms with Crippen molar-refractivity contribution in [1.82, 2.24) is 15.5 Å². The van der Waals surface area contributed by atoms with Crippen LogP contribution in [0.3, 0.4) is 0 Å². The number of hydrogen-bond donors (Lipinski definition) is 1. The molecule has 3 rings (SSSR count). The van der Waals surface area contributed by atoms with Gasteiger partial charge in [-0.15, -0.1) is 0 Å². The molecule has 0 radical (unpaired) electrons. The lowest BCUT2D eigenvalue weighted by atomic mass is 9.93. The van der Waals surface area contributed by atoms with E-state index in [1.807, 2.05) is 0 Å². The molecule has 0 bridgehead atoms. The molecule has 1 N–H and O–H groups in total. The van der Waals surface area contributed by atoms with E-state index in [0.717, 1.165) is 38.6 Å². The Morgan fingerprint density at radius 3 is 2.57 bits per heavy atom. The van der Waals surface area contributed by atoms with Gasteiger partial charge in [-0.1, -0.05) is 30.8 Å². The molecule has 21 heavy (non-hydrogen) atoms. The molecule has 2 atom stereocenters. The van der Waals surface area contributed by atoms with Crippen LogP contribution in [0.2, 0.25) is 0 Å². The number of methoxy groups -OCH3 is 2. The summed E-state index contributed by atoms with van der Waals surface area (Å²) in [6, 6.07) is 0.0934. The van der Waals surface area contributed by atoms with Crippen molar-refractivity contribution in [2.45, 2.75) is 62.7 Å². The van der Waals surface area contributed by atoms with Gasteiger partial charge >= 0.3 is 0 Å². The normalized spacial score (nSPS) is 29.4. The molecule has 118 valence electrons. The zero-order valence-corrected chi connectivity index (χ0v) is 12.9. The summed E-state index contributed by atoms with van der Waals surface area (Å²) in [6.07, 6.45) is 7.88. The largest absolute Gasteiger partial charge is 0.380 e. The molecule has 1 aromatic heterocycles. The molecular formula is C15H25N3O3. The second-order valence-electron chi connectivity index (χ2n) is 6.12. The second-order valence-corrected chi connectivity index (χ2v) is 6.12. The molecule has 0 spiro atoms. The molecule has 2 fully saturated rings. The Hall–Kier alpha value is -0.980. The number of nitrogens with zero attached hydrogens (tertiary/aromatic N) is 2. The van der Waals surface area contributed by atoms with Gasteiger partial charge in [0, 0.05) is 20.8 Å². The monoisotopic (exact) mass is 295 g/mol. The average Bonchev–Trinajstić information content (AvgIpc) is 3.12. The van der Waals surface area contributed by atoms with Gasteiger partial charge in [0.05, 0.1) is 12.1 Å². The maximum atomic E-state index is 5.83. The molecule has 0 aromatic carbocycles. The van der Waals surface area contributed by atoms with Gasteiger partial charge < -0.3 is 19.3 Å². The van der Waals surface area contributed by atoms with Crippen LogP contribution in [0.15, 0.2) is 4.52 Å². The van der Waals surface area contributed by atoms with Crippen LogP contribution in [0.25, 0.3) is 0 Å². The lowest BCUT2D eigenvalue weighted by Gasteiger charge is -2.27. The predicted molar refractivity (Wildman–Crippen MR) is 76.8 cm³/mol. The average molecular weight is 295 g/mol. The second kappa shape index (κ2) is 6.42. The standard InChI is InChI=1S/C15H25N3O3/c1-19-11-9-12(16-10-11)13-17-14(18-21-13)15(20-2)7-5-3-4-6-8-15/h11-12,16H,3-10H2,1-2H3/t11-,12+/m0/s1. The highest BCUT2D eigenvalue weighted by Crippen LogP contribution is 2.38. The lowest BCUT2D eigenvalue weighted by Crippen LogP contribution is -2.29. The van der Waals surface area contributed by atoms with Crippen molar-refractivity contribution >= 4 is 0 Å². The maximum absolute atomic E-state index is 5.83.